The van der Waals surface area contributed by atoms with Crippen LogP contribution in [0.25, 0.3) is 0 Å². The number of nitrogens with zero attached hydrogens (tertiary/aromatic N) is 2. The van der Waals surface area contributed by atoms with Gasteiger partial charge >= 0.3 is 6.09 Å². The number of nitrogens with one attached hydrogen (secondary N) is 2. The van der Waals surface area contributed by atoms with Crippen molar-refractivity contribution in [2.45, 2.75) is 52.9 Å². The lowest BCUT2D eigenvalue weighted by atomic mass is 10.0. The highest BCUT2D eigenvalue weighted by Gasteiger charge is 2.32. The van der Waals surface area contributed by atoms with Gasteiger partial charge in [-0.2, -0.15) is 0 Å². The minimum Gasteiger partial charge on any atom is -0.439 e. The zero-order valence-electron chi connectivity index (χ0n) is 21.3. The summed E-state index contributed by atoms with van der Waals surface area (Å²) in [7, 11) is 0. The molecular weight excluding hydrogens is 455 g/mol. The van der Waals surface area contributed by atoms with Gasteiger partial charge in [0, 0.05) is 44.5 Å². The molecule has 0 bridgehead atoms. The molecule has 3 aliphatic rings. The van der Waals surface area contributed by atoms with Gasteiger partial charge < -0.3 is 29.9 Å². The molecule has 35 heavy (non-hydrogen) atoms. The summed E-state index contributed by atoms with van der Waals surface area (Å²) < 4.78 is 22.9. The molecule has 1 aliphatic carbocycles. The summed E-state index contributed by atoms with van der Waals surface area (Å²) in [5.74, 6) is -0.142. The number of alkyl carbamates (subject to hydrolysis) is 1. The number of carbonyl (C=O) groups is 3. The smallest absolute Gasteiger partial charge is 0.408 e. The Bertz CT molecular complexity index is 802. The van der Waals surface area contributed by atoms with Crippen LogP contribution in [0.1, 0.15) is 34.6 Å². The monoisotopic (exact) mass is 494 g/mol. The van der Waals surface area contributed by atoms with Crippen molar-refractivity contribution in [2.75, 3.05) is 39.5 Å². The van der Waals surface area contributed by atoms with Crippen molar-refractivity contribution in [3.63, 3.8) is 0 Å². The average molecular weight is 495 g/mol. The van der Waals surface area contributed by atoms with E-state index in [1.807, 2.05) is 39.8 Å². The fraction of sp³-hybridized carbons (Fsp3) is 0.560. The summed E-state index contributed by atoms with van der Waals surface area (Å²) >= 11 is 0. The lowest BCUT2D eigenvalue weighted by molar-refractivity contribution is -0.119. The highest BCUT2D eigenvalue weighted by atomic mass is 19.1. The van der Waals surface area contributed by atoms with Gasteiger partial charge in [-0.25, -0.2) is 9.18 Å². The third kappa shape index (κ3) is 11.2. The Morgan fingerprint density at radius 3 is 2.57 bits per heavy atom. The van der Waals surface area contributed by atoms with Gasteiger partial charge in [-0.1, -0.05) is 26.0 Å². The van der Waals surface area contributed by atoms with Crippen molar-refractivity contribution in [2.24, 2.45) is 0 Å². The molecule has 2 saturated heterocycles. The molecular formula is C25H39FN4O5. The minimum atomic E-state index is -0.487. The number of alkyl halides is 1. The molecule has 0 spiro atoms. The fourth-order valence-electron chi connectivity index (χ4n) is 3.35. The van der Waals surface area contributed by atoms with Crippen LogP contribution in [-0.2, 0) is 19.1 Å². The fourth-order valence-corrected chi connectivity index (χ4v) is 3.35. The third-order valence-electron chi connectivity index (χ3n) is 4.96. The maximum atomic E-state index is 12.5. The highest BCUT2D eigenvalue weighted by molar-refractivity contribution is 5.76. The van der Waals surface area contributed by atoms with Crippen LogP contribution in [0.15, 0.2) is 47.9 Å². The second-order valence-electron chi connectivity index (χ2n) is 7.90. The van der Waals surface area contributed by atoms with Gasteiger partial charge in [-0.15, -0.1) is 0 Å². The molecule has 0 saturated carbocycles. The van der Waals surface area contributed by atoms with Crippen molar-refractivity contribution < 1.29 is 28.2 Å². The number of amides is 3. The van der Waals surface area contributed by atoms with Crippen LogP contribution < -0.4 is 10.6 Å². The Hall–Kier alpha value is -3.14. The molecule has 10 heteroatoms. The largest absolute Gasteiger partial charge is 0.439 e. The van der Waals surface area contributed by atoms with E-state index < -0.39 is 12.8 Å². The first-order valence-corrected chi connectivity index (χ1v) is 12.0. The Morgan fingerprint density at radius 1 is 1.31 bits per heavy atom. The normalized spacial score (nSPS) is 21.2. The first-order chi connectivity index (χ1) is 16.8. The number of piperazine rings is 1. The zero-order chi connectivity index (χ0) is 26.2. The summed E-state index contributed by atoms with van der Waals surface area (Å²) in [6.07, 6.45) is 10.9. The number of hydrogen-bond acceptors (Lipinski definition) is 6. The van der Waals surface area contributed by atoms with E-state index in [1.165, 1.54) is 6.92 Å². The predicted molar refractivity (Wildman–Crippen MR) is 133 cm³/mol. The molecule has 3 amide bonds. The van der Waals surface area contributed by atoms with Gasteiger partial charge in [0.15, 0.2) is 0 Å². The summed E-state index contributed by atoms with van der Waals surface area (Å²) in [6.45, 7) is 12.3. The first kappa shape index (κ1) is 29.9. The first-order valence-electron chi connectivity index (χ1n) is 12.0. The van der Waals surface area contributed by atoms with Crippen molar-refractivity contribution in [3.05, 3.63) is 47.9 Å². The number of fused-ring (bicyclic) bond motifs is 1. The zero-order valence-corrected chi connectivity index (χ0v) is 21.3. The van der Waals surface area contributed by atoms with E-state index in [0.717, 1.165) is 25.2 Å². The van der Waals surface area contributed by atoms with Gasteiger partial charge in [0.2, 0.25) is 12.3 Å². The molecule has 2 atom stereocenters. The van der Waals surface area contributed by atoms with E-state index in [-0.39, 0.29) is 24.2 Å². The SMILES string of the molecule is CC.CC(=O)NC1=CC2OC(=O)NC2C=C1.CC(C)OC/C=C\C(=C/CF)N1CCN(C=O)CC1. The highest BCUT2D eigenvalue weighted by Crippen LogP contribution is 2.17. The number of ether oxygens (including phenoxy) is 2. The van der Waals surface area contributed by atoms with E-state index in [2.05, 4.69) is 15.5 Å². The van der Waals surface area contributed by atoms with E-state index in [0.29, 0.717) is 25.4 Å². The Morgan fingerprint density at radius 2 is 2.00 bits per heavy atom. The predicted octanol–water partition coefficient (Wildman–Crippen LogP) is 2.67. The number of hydrogen-bond donors (Lipinski definition) is 2. The van der Waals surface area contributed by atoms with E-state index in [1.54, 1.807) is 29.2 Å². The van der Waals surface area contributed by atoms with Crippen molar-refractivity contribution >= 4 is 18.4 Å². The van der Waals surface area contributed by atoms with Crippen molar-refractivity contribution in [1.82, 2.24) is 20.4 Å². The minimum absolute atomic E-state index is 0.111. The van der Waals surface area contributed by atoms with Gasteiger partial charge in [0.05, 0.1) is 18.8 Å². The Kier molecular flexibility index (Phi) is 14.1. The number of allylic oxidation sites excluding steroid dienone is 3. The summed E-state index contributed by atoms with van der Waals surface area (Å²) in [6, 6.07) is -0.111. The second kappa shape index (κ2) is 16.5. The van der Waals surface area contributed by atoms with Crippen LogP contribution in [-0.4, -0.2) is 85.9 Å². The van der Waals surface area contributed by atoms with Gasteiger partial charge in [0.1, 0.15) is 12.8 Å². The molecule has 2 aliphatic heterocycles. The quantitative estimate of drug-likeness (QED) is 0.398. The standard InChI is InChI=1S/C14H23FN2O2.C9H10N2O3.C2H6/c1-13(2)19-11-3-4-14(5-6-15)17-9-7-16(12-18)8-10-17;1-5(12)10-6-2-3-7-8(4-6)14-9(13)11-7;1-2/h3-5,12-13H,6-11H2,1-2H3;2-4,7-8H,1H3,(H,10,12)(H,11,13);1-2H3/b4-3-,14-5+;;. The average Bonchev–Trinajstić information content (AvgIpc) is 3.21. The number of rotatable bonds is 8. The van der Waals surface area contributed by atoms with Crippen LogP contribution in [0.3, 0.4) is 0 Å². The van der Waals surface area contributed by atoms with Crippen LogP contribution in [0.5, 0.6) is 0 Å². The van der Waals surface area contributed by atoms with E-state index in [9.17, 15) is 18.8 Å². The van der Waals surface area contributed by atoms with Gasteiger partial charge in [-0.3, -0.25) is 9.59 Å². The molecule has 0 aromatic heterocycles. The van der Waals surface area contributed by atoms with Crippen LogP contribution in [0.2, 0.25) is 0 Å². The Balaban J connectivity index is 0.000000338. The third-order valence-corrected chi connectivity index (χ3v) is 4.96. The van der Waals surface area contributed by atoms with Crippen molar-refractivity contribution in [3.8, 4) is 0 Å². The molecule has 2 fully saturated rings. The maximum absolute atomic E-state index is 12.5. The van der Waals surface area contributed by atoms with Gasteiger partial charge in [0.25, 0.3) is 0 Å². The molecule has 2 N–H and O–H groups in total. The number of carbonyl (C=O) groups excluding carboxylic acids is 3. The van der Waals surface area contributed by atoms with Crippen LogP contribution >= 0.6 is 0 Å². The van der Waals surface area contributed by atoms with Crippen LogP contribution in [0, 0.1) is 0 Å². The second-order valence-corrected chi connectivity index (χ2v) is 7.90. The summed E-state index contributed by atoms with van der Waals surface area (Å²) in [4.78, 5) is 36.1. The Labute approximate surface area is 207 Å². The molecule has 3 rings (SSSR count). The summed E-state index contributed by atoms with van der Waals surface area (Å²) in [5.41, 5.74) is 1.52. The van der Waals surface area contributed by atoms with E-state index in [4.69, 9.17) is 9.47 Å². The van der Waals surface area contributed by atoms with E-state index >= 15 is 0 Å². The molecule has 2 unspecified atom stereocenters. The van der Waals surface area contributed by atoms with Crippen LogP contribution in [0.4, 0.5) is 9.18 Å². The van der Waals surface area contributed by atoms with Gasteiger partial charge in [-0.05, 0) is 38.2 Å². The summed E-state index contributed by atoms with van der Waals surface area (Å²) in [5, 5.41) is 5.25. The molecule has 196 valence electrons. The maximum Gasteiger partial charge on any atom is 0.408 e. The topological polar surface area (TPSA) is 100 Å². The molecule has 2 heterocycles. The lowest BCUT2D eigenvalue weighted by Gasteiger charge is -2.34. The molecule has 9 nitrogen and oxygen atoms in total. The van der Waals surface area contributed by atoms with Crippen molar-refractivity contribution in [1.29, 1.82) is 0 Å². The number of halogens is 1. The lowest BCUT2D eigenvalue weighted by Crippen LogP contribution is -2.44. The molecule has 0 aromatic carbocycles. The molecule has 0 radical (unpaired) electrons. The molecule has 0 aromatic rings.